The van der Waals surface area contributed by atoms with Crippen LogP contribution in [0.1, 0.15) is 51.9 Å². The van der Waals surface area contributed by atoms with E-state index in [0.29, 0.717) is 31.8 Å². The monoisotopic (exact) mass is 259 g/mol. The van der Waals surface area contributed by atoms with Crippen molar-refractivity contribution in [3.63, 3.8) is 0 Å². The van der Waals surface area contributed by atoms with Crippen molar-refractivity contribution in [2.45, 2.75) is 69.7 Å². The summed E-state index contributed by atoms with van der Waals surface area (Å²) in [5.74, 6) is 0. The third-order valence-corrected chi connectivity index (χ3v) is 4.09. The highest BCUT2D eigenvalue weighted by molar-refractivity contribution is 4.78. The van der Waals surface area contributed by atoms with Crippen molar-refractivity contribution >= 4 is 0 Å². The molecular weight excluding hydrogens is 230 g/mol. The summed E-state index contributed by atoms with van der Waals surface area (Å²) >= 11 is 0. The summed E-state index contributed by atoms with van der Waals surface area (Å²) in [5, 5.41) is 10.0. The topological polar surface area (TPSA) is 64.7 Å². The molecule has 1 rings (SSSR count). The van der Waals surface area contributed by atoms with Crippen LogP contribution in [0.5, 0.6) is 0 Å². The van der Waals surface area contributed by atoms with Crippen molar-refractivity contribution in [3.8, 4) is 0 Å². The molecule has 0 saturated heterocycles. The van der Waals surface area contributed by atoms with Crippen molar-refractivity contribution in [2.24, 2.45) is 5.73 Å². The molecule has 0 bridgehead atoms. The summed E-state index contributed by atoms with van der Waals surface area (Å²) in [4.78, 5) is 0. The molecule has 4 heteroatoms. The first-order valence-electron chi connectivity index (χ1n) is 7.20. The van der Waals surface area contributed by atoms with E-state index >= 15 is 0 Å². The van der Waals surface area contributed by atoms with Gasteiger partial charge in [0.05, 0.1) is 17.8 Å². The highest BCUT2D eigenvalue weighted by atomic mass is 16.5. The highest BCUT2D eigenvalue weighted by Crippen LogP contribution is 2.23. The summed E-state index contributed by atoms with van der Waals surface area (Å²) in [5.41, 5.74) is 4.87. The lowest BCUT2D eigenvalue weighted by atomic mass is 9.94. The third kappa shape index (κ3) is 5.22. The van der Waals surface area contributed by atoms with Crippen molar-refractivity contribution in [3.05, 3.63) is 0 Å². The van der Waals surface area contributed by atoms with Gasteiger partial charge in [0.1, 0.15) is 0 Å². The van der Waals surface area contributed by atoms with Crippen LogP contribution in [0.15, 0.2) is 0 Å². The van der Waals surface area contributed by atoms with Gasteiger partial charge >= 0.3 is 0 Å². The molecule has 0 spiro atoms. The molecule has 0 aromatic rings. The minimum absolute atomic E-state index is 0.330. The van der Waals surface area contributed by atoms with E-state index in [1.807, 2.05) is 6.92 Å². The molecule has 1 saturated carbocycles. The Kier molecular flexibility index (Phi) is 7.15. The fraction of sp³-hybridized carbons (Fsp3) is 1.00. The van der Waals surface area contributed by atoms with Crippen LogP contribution in [0, 0.1) is 0 Å². The lowest BCUT2D eigenvalue weighted by Crippen LogP contribution is -2.37. The molecule has 1 aliphatic carbocycles. The molecule has 0 aromatic carbocycles. The molecule has 0 heterocycles. The van der Waals surface area contributed by atoms with Crippen molar-refractivity contribution in [1.29, 1.82) is 0 Å². The highest BCUT2D eigenvalue weighted by Gasteiger charge is 2.24. The summed E-state index contributed by atoms with van der Waals surface area (Å²) < 4.78 is 11.2. The molecule has 1 fully saturated rings. The van der Waals surface area contributed by atoms with Crippen LogP contribution in [0.3, 0.4) is 0 Å². The summed E-state index contributed by atoms with van der Waals surface area (Å²) in [6.45, 7) is 3.01. The van der Waals surface area contributed by atoms with Crippen molar-refractivity contribution < 1.29 is 14.6 Å². The number of hydrogen-bond donors (Lipinski definition) is 2. The molecule has 0 aliphatic heterocycles. The summed E-state index contributed by atoms with van der Waals surface area (Å²) in [6, 6.07) is 0. The molecule has 0 amide bonds. The summed E-state index contributed by atoms with van der Waals surface area (Å²) in [7, 11) is 1.77. The van der Waals surface area contributed by atoms with Crippen LogP contribution < -0.4 is 5.73 Å². The summed E-state index contributed by atoms with van der Waals surface area (Å²) in [6.07, 6.45) is 7.47. The smallest absolute Gasteiger partial charge is 0.0767 e. The second kappa shape index (κ2) is 8.10. The zero-order valence-electron chi connectivity index (χ0n) is 11.9. The van der Waals surface area contributed by atoms with Gasteiger partial charge in [0, 0.05) is 20.3 Å². The Hall–Kier alpha value is -0.160. The van der Waals surface area contributed by atoms with Gasteiger partial charge in [-0.3, -0.25) is 0 Å². The van der Waals surface area contributed by atoms with E-state index in [-0.39, 0.29) is 0 Å². The van der Waals surface area contributed by atoms with Gasteiger partial charge in [-0.2, -0.15) is 0 Å². The lowest BCUT2D eigenvalue weighted by molar-refractivity contribution is -0.0373. The van der Waals surface area contributed by atoms with Gasteiger partial charge in [0.25, 0.3) is 0 Å². The Labute approximate surface area is 111 Å². The number of methoxy groups -OCH3 is 1. The Morgan fingerprint density at radius 3 is 2.67 bits per heavy atom. The van der Waals surface area contributed by atoms with Crippen LogP contribution in [0.25, 0.3) is 0 Å². The first-order valence-corrected chi connectivity index (χ1v) is 7.20. The second-order valence-corrected chi connectivity index (χ2v) is 5.40. The van der Waals surface area contributed by atoms with Gasteiger partial charge in [-0.05, 0) is 44.9 Å². The largest absolute Gasteiger partial charge is 0.389 e. The van der Waals surface area contributed by atoms with Crippen LogP contribution >= 0.6 is 0 Å². The van der Waals surface area contributed by atoms with Gasteiger partial charge in [0.2, 0.25) is 0 Å². The van der Waals surface area contributed by atoms with Gasteiger partial charge in [-0.1, -0.05) is 6.92 Å². The van der Waals surface area contributed by atoms with Gasteiger partial charge < -0.3 is 20.3 Å². The van der Waals surface area contributed by atoms with Crippen molar-refractivity contribution in [2.75, 3.05) is 20.3 Å². The van der Waals surface area contributed by atoms with E-state index in [0.717, 1.165) is 32.1 Å². The fourth-order valence-electron chi connectivity index (χ4n) is 2.54. The van der Waals surface area contributed by atoms with Crippen LogP contribution in [-0.2, 0) is 9.47 Å². The van der Waals surface area contributed by atoms with Crippen LogP contribution in [0.2, 0.25) is 0 Å². The van der Waals surface area contributed by atoms with E-state index in [9.17, 15) is 5.11 Å². The minimum atomic E-state index is -0.703. The average molecular weight is 259 g/mol. The first kappa shape index (κ1) is 15.9. The standard InChI is InChI=1S/C14H29NO3/c1-3-14(16,11-15)8-5-9-18-13-7-4-6-12(10-13)17-2/h12-13,16H,3-11,15H2,1-2H3. The van der Waals surface area contributed by atoms with Gasteiger partial charge in [0.15, 0.2) is 0 Å². The van der Waals surface area contributed by atoms with Crippen LogP contribution in [0.4, 0.5) is 0 Å². The fourth-order valence-corrected chi connectivity index (χ4v) is 2.54. The molecule has 3 atom stereocenters. The number of aliphatic hydroxyl groups is 1. The number of hydrogen-bond acceptors (Lipinski definition) is 4. The molecule has 108 valence electrons. The van der Waals surface area contributed by atoms with E-state index in [4.69, 9.17) is 15.2 Å². The Morgan fingerprint density at radius 1 is 1.33 bits per heavy atom. The van der Waals surface area contributed by atoms with Gasteiger partial charge in [-0.15, -0.1) is 0 Å². The Morgan fingerprint density at radius 2 is 2.06 bits per heavy atom. The second-order valence-electron chi connectivity index (χ2n) is 5.40. The zero-order chi connectivity index (χ0) is 13.4. The van der Waals surface area contributed by atoms with E-state index in [2.05, 4.69) is 0 Å². The molecule has 3 unspecified atom stereocenters. The van der Waals surface area contributed by atoms with E-state index < -0.39 is 5.60 Å². The molecular formula is C14H29NO3. The molecule has 0 aromatic heterocycles. The van der Waals surface area contributed by atoms with Crippen LogP contribution in [-0.4, -0.2) is 43.2 Å². The average Bonchev–Trinajstić information content (AvgIpc) is 2.43. The maximum Gasteiger partial charge on any atom is 0.0767 e. The third-order valence-electron chi connectivity index (χ3n) is 4.09. The number of rotatable bonds is 8. The molecule has 18 heavy (non-hydrogen) atoms. The maximum atomic E-state index is 10.0. The maximum absolute atomic E-state index is 10.0. The zero-order valence-corrected chi connectivity index (χ0v) is 11.9. The van der Waals surface area contributed by atoms with E-state index in [1.165, 1.54) is 6.42 Å². The molecule has 3 N–H and O–H groups in total. The van der Waals surface area contributed by atoms with Gasteiger partial charge in [-0.25, -0.2) is 0 Å². The number of nitrogens with two attached hydrogens (primary N) is 1. The quantitative estimate of drug-likeness (QED) is 0.653. The molecule has 0 radical (unpaired) electrons. The minimum Gasteiger partial charge on any atom is -0.389 e. The van der Waals surface area contributed by atoms with E-state index in [1.54, 1.807) is 7.11 Å². The van der Waals surface area contributed by atoms with Crippen molar-refractivity contribution in [1.82, 2.24) is 0 Å². The Balaban J connectivity index is 2.14. The predicted molar refractivity (Wildman–Crippen MR) is 72.5 cm³/mol. The number of ether oxygens (including phenoxy) is 2. The predicted octanol–water partition coefficient (Wildman–Crippen LogP) is 1.84. The SMILES string of the molecule is CCC(O)(CN)CCCOC1CCCC(OC)C1. The molecule has 1 aliphatic rings. The molecule has 4 nitrogen and oxygen atoms in total. The first-order chi connectivity index (χ1) is 8.63. The Bertz CT molecular complexity index is 219. The normalized spacial score (nSPS) is 28.0. The lowest BCUT2D eigenvalue weighted by Gasteiger charge is -2.29.